The number of urea groups is 1. The predicted molar refractivity (Wildman–Crippen MR) is 137 cm³/mol. The fourth-order valence-corrected chi connectivity index (χ4v) is 3.26. The second-order valence-electron chi connectivity index (χ2n) is 8.57. The summed E-state index contributed by atoms with van der Waals surface area (Å²) in [7, 11) is 0. The molecule has 2 unspecified atom stereocenters. The van der Waals surface area contributed by atoms with Gasteiger partial charge >= 0.3 is 18.0 Å². The molecule has 2 atom stereocenters. The molecule has 2 rings (SSSR count). The zero-order valence-corrected chi connectivity index (χ0v) is 22.3. The van der Waals surface area contributed by atoms with Gasteiger partial charge in [-0.05, 0) is 26.7 Å². The van der Waals surface area contributed by atoms with Crippen LogP contribution in [-0.2, 0) is 35.1 Å². The number of imide groups is 1. The molecular formula is C24H37N7O7. The molecule has 14 heteroatoms. The van der Waals surface area contributed by atoms with Crippen LogP contribution in [0.5, 0.6) is 0 Å². The molecule has 0 saturated heterocycles. The highest BCUT2D eigenvalue weighted by molar-refractivity contribution is 6.00. The molecule has 0 fully saturated rings. The number of nitrogens with one attached hydrogen (secondary N) is 1. The molecule has 3 N–H and O–H groups in total. The number of nitrogens with zero attached hydrogens (tertiary/aromatic N) is 5. The number of nitrogens with two attached hydrogens (primary N) is 1. The third-order valence-electron chi connectivity index (χ3n) is 5.53. The molecule has 0 saturated carbocycles. The summed E-state index contributed by atoms with van der Waals surface area (Å²) in [5, 5.41) is 2.42. The first-order chi connectivity index (χ1) is 18.2. The summed E-state index contributed by atoms with van der Waals surface area (Å²) in [6, 6.07) is -3.22. The van der Waals surface area contributed by atoms with Crippen molar-refractivity contribution in [1.29, 1.82) is 0 Å². The highest BCUT2D eigenvalue weighted by Crippen LogP contribution is 2.14. The van der Waals surface area contributed by atoms with Crippen LogP contribution in [0.4, 0.5) is 10.6 Å². The van der Waals surface area contributed by atoms with E-state index in [4.69, 9.17) is 19.9 Å². The van der Waals surface area contributed by atoms with E-state index in [0.717, 1.165) is 12.8 Å². The summed E-state index contributed by atoms with van der Waals surface area (Å²) in [4.78, 5) is 63.6. The Morgan fingerprint density at radius 3 is 2.32 bits per heavy atom. The number of esters is 2. The first-order valence-electron chi connectivity index (χ1n) is 12.7. The second-order valence-corrected chi connectivity index (χ2v) is 8.57. The molecule has 38 heavy (non-hydrogen) atoms. The van der Waals surface area contributed by atoms with Crippen LogP contribution in [0.2, 0.25) is 0 Å². The Morgan fingerprint density at radius 2 is 1.66 bits per heavy atom. The molecule has 0 aliphatic rings. The van der Waals surface area contributed by atoms with Crippen LogP contribution in [0.1, 0.15) is 53.4 Å². The monoisotopic (exact) mass is 535 g/mol. The summed E-state index contributed by atoms with van der Waals surface area (Å²) in [6.07, 6.45) is 5.81. The largest absolute Gasteiger partial charge is 0.464 e. The number of aromatic nitrogens is 4. The van der Waals surface area contributed by atoms with Crippen molar-refractivity contribution < 1.29 is 33.4 Å². The van der Waals surface area contributed by atoms with Crippen LogP contribution in [-0.4, -0.2) is 86.8 Å². The highest BCUT2D eigenvalue weighted by Gasteiger charge is 2.34. The van der Waals surface area contributed by atoms with Gasteiger partial charge < -0.3 is 29.8 Å². The molecule has 210 valence electrons. The van der Waals surface area contributed by atoms with Crippen LogP contribution in [0, 0.1) is 0 Å². The molecule has 0 radical (unpaired) electrons. The standard InChI is InChI=1S/C24H37N7O7/c1-5-7-10-37-22(33)16(3)29-24(35)31(17(4)23(34)38-11-8-6-2)18(32)13-36-12-9-30-15-28-19-20(25)26-14-27-21(19)30/h14-17H,5-13H2,1-4H3,(H,29,35)(H2,25,26,27). The summed E-state index contributed by atoms with van der Waals surface area (Å²) in [5.74, 6) is -1.93. The molecule has 2 aromatic rings. The third-order valence-corrected chi connectivity index (χ3v) is 5.53. The Kier molecular flexibility index (Phi) is 12.4. The van der Waals surface area contributed by atoms with E-state index in [0.29, 0.717) is 35.5 Å². The molecule has 3 amide bonds. The van der Waals surface area contributed by atoms with Crippen molar-refractivity contribution in [2.24, 2.45) is 0 Å². The van der Waals surface area contributed by atoms with Crippen molar-refractivity contribution in [1.82, 2.24) is 29.7 Å². The number of carbonyl (C=O) groups is 4. The molecular weight excluding hydrogens is 498 g/mol. The normalized spacial score (nSPS) is 12.5. The maximum Gasteiger partial charge on any atom is 0.329 e. The number of ether oxygens (including phenoxy) is 3. The van der Waals surface area contributed by atoms with Gasteiger partial charge in [-0.25, -0.2) is 34.2 Å². The highest BCUT2D eigenvalue weighted by atomic mass is 16.5. The fourth-order valence-electron chi connectivity index (χ4n) is 3.26. The number of hydrogen-bond acceptors (Lipinski definition) is 11. The van der Waals surface area contributed by atoms with Gasteiger partial charge in [0.1, 0.15) is 30.5 Å². The van der Waals surface area contributed by atoms with Gasteiger partial charge in [-0.1, -0.05) is 26.7 Å². The lowest BCUT2D eigenvalue weighted by molar-refractivity contribution is -0.153. The smallest absolute Gasteiger partial charge is 0.329 e. The molecule has 0 aliphatic carbocycles. The van der Waals surface area contributed by atoms with Gasteiger partial charge in [-0.3, -0.25) is 4.79 Å². The Morgan fingerprint density at radius 1 is 1.00 bits per heavy atom. The summed E-state index contributed by atoms with van der Waals surface area (Å²) >= 11 is 0. The Bertz CT molecular complexity index is 1090. The van der Waals surface area contributed by atoms with Gasteiger partial charge in [0.15, 0.2) is 11.5 Å². The van der Waals surface area contributed by atoms with Gasteiger partial charge in [-0.2, -0.15) is 0 Å². The van der Waals surface area contributed by atoms with E-state index < -0.39 is 42.6 Å². The lowest BCUT2D eigenvalue weighted by Crippen LogP contribution is -2.55. The molecule has 0 bridgehead atoms. The molecule has 0 aliphatic heterocycles. The van der Waals surface area contributed by atoms with Crippen molar-refractivity contribution in [2.45, 2.75) is 72.0 Å². The number of carbonyl (C=O) groups excluding carboxylic acids is 4. The van der Waals surface area contributed by atoms with Crippen molar-refractivity contribution in [2.75, 3.05) is 32.2 Å². The third kappa shape index (κ3) is 8.64. The zero-order chi connectivity index (χ0) is 28.1. The van der Waals surface area contributed by atoms with Gasteiger partial charge in [0.05, 0.1) is 26.1 Å². The topological polar surface area (TPSA) is 181 Å². The van der Waals surface area contributed by atoms with Crippen LogP contribution >= 0.6 is 0 Å². The number of amides is 3. The fraction of sp³-hybridized carbons (Fsp3) is 0.625. The lowest BCUT2D eigenvalue weighted by atomic mass is 10.2. The van der Waals surface area contributed by atoms with Gasteiger partial charge in [-0.15, -0.1) is 0 Å². The van der Waals surface area contributed by atoms with Crippen molar-refractivity contribution in [3.63, 3.8) is 0 Å². The Balaban J connectivity index is 2.02. The molecule has 0 spiro atoms. The van der Waals surface area contributed by atoms with Crippen LogP contribution in [0.3, 0.4) is 0 Å². The average Bonchev–Trinajstić information content (AvgIpc) is 3.31. The van der Waals surface area contributed by atoms with E-state index in [9.17, 15) is 19.2 Å². The minimum atomic E-state index is -1.25. The number of imidazole rings is 1. The van der Waals surface area contributed by atoms with E-state index in [1.54, 1.807) is 4.57 Å². The Labute approximate surface area is 221 Å². The van der Waals surface area contributed by atoms with Crippen molar-refractivity contribution >= 4 is 40.9 Å². The van der Waals surface area contributed by atoms with Crippen molar-refractivity contribution in [3.05, 3.63) is 12.7 Å². The molecule has 2 heterocycles. The summed E-state index contributed by atoms with van der Waals surface area (Å²) < 4.78 is 17.5. The van der Waals surface area contributed by atoms with Gasteiger partial charge in [0.2, 0.25) is 0 Å². The molecule has 14 nitrogen and oxygen atoms in total. The SMILES string of the molecule is CCCCOC(=O)C(C)NC(=O)N(C(=O)COCCn1cnc2c(N)ncnc21)C(C)C(=O)OCCCC. The summed E-state index contributed by atoms with van der Waals surface area (Å²) in [5.41, 5.74) is 6.75. The maximum atomic E-state index is 13.0. The van der Waals surface area contributed by atoms with Gasteiger partial charge in [0.25, 0.3) is 5.91 Å². The van der Waals surface area contributed by atoms with Crippen LogP contribution in [0.15, 0.2) is 12.7 Å². The number of hydrogen-bond donors (Lipinski definition) is 2. The maximum absolute atomic E-state index is 13.0. The lowest BCUT2D eigenvalue weighted by Gasteiger charge is -2.27. The van der Waals surface area contributed by atoms with Crippen LogP contribution in [0.25, 0.3) is 11.2 Å². The number of rotatable bonds is 15. The van der Waals surface area contributed by atoms with E-state index in [1.807, 2.05) is 13.8 Å². The van der Waals surface area contributed by atoms with E-state index in [2.05, 4.69) is 20.3 Å². The minimum Gasteiger partial charge on any atom is -0.464 e. The van der Waals surface area contributed by atoms with E-state index in [-0.39, 0.29) is 25.6 Å². The average molecular weight is 536 g/mol. The van der Waals surface area contributed by atoms with Crippen molar-refractivity contribution in [3.8, 4) is 0 Å². The number of unbranched alkanes of at least 4 members (excludes halogenated alkanes) is 2. The molecule has 0 aromatic carbocycles. The molecule has 2 aromatic heterocycles. The zero-order valence-electron chi connectivity index (χ0n) is 22.3. The first kappa shape index (κ1) is 30.4. The quantitative estimate of drug-likeness (QED) is 0.249. The summed E-state index contributed by atoms with van der Waals surface area (Å²) in [6.45, 7) is 6.94. The van der Waals surface area contributed by atoms with E-state index >= 15 is 0 Å². The second kappa shape index (κ2) is 15.4. The minimum absolute atomic E-state index is 0.0754. The number of anilines is 1. The van der Waals surface area contributed by atoms with Crippen LogP contribution < -0.4 is 11.1 Å². The Hall–Kier alpha value is -3.81. The first-order valence-corrected chi connectivity index (χ1v) is 12.7. The number of fused-ring (bicyclic) bond motifs is 1. The van der Waals surface area contributed by atoms with Gasteiger partial charge in [0, 0.05) is 6.54 Å². The predicted octanol–water partition coefficient (Wildman–Crippen LogP) is 1.43. The number of nitrogen functional groups attached to an aromatic ring is 1. The van der Waals surface area contributed by atoms with E-state index in [1.165, 1.54) is 26.5 Å².